The molecule has 1 aromatic carbocycles. The predicted molar refractivity (Wildman–Crippen MR) is 96.4 cm³/mol. The van der Waals surface area contributed by atoms with Crippen molar-refractivity contribution in [3.63, 3.8) is 0 Å². The van der Waals surface area contributed by atoms with Crippen LogP contribution in [0.25, 0.3) is 16.3 Å². The third-order valence-corrected chi connectivity index (χ3v) is 5.49. The van der Waals surface area contributed by atoms with Crippen LogP contribution in [0.3, 0.4) is 0 Å². The number of benzene rings is 1. The number of hydrogen-bond acceptors (Lipinski definition) is 5. The van der Waals surface area contributed by atoms with Gasteiger partial charge in [-0.1, -0.05) is 34.3 Å². The molecule has 0 saturated carbocycles. The van der Waals surface area contributed by atoms with E-state index in [2.05, 4.69) is 4.99 Å². The first-order valence-corrected chi connectivity index (χ1v) is 8.71. The lowest BCUT2D eigenvalue weighted by Crippen LogP contribution is -2.12. The molecule has 0 aliphatic carbocycles. The molecule has 2 heterocycles. The molecule has 1 amide bonds. The van der Waals surface area contributed by atoms with Crippen LogP contribution in [-0.4, -0.2) is 15.4 Å². The molecular formula is C15H10ClN3O3S2. The molecule has 6 nitrogen and oxygen atoms in total. The van der Waals surface area contributed by atoms with Gasteiger partial charge in [-0.2, -0.15) is 4.99 Å². The van der Waals surface area contributed by atoms with Crippen LogP contribution in [-0.2, 0) is 11.8 Å². The maximum atomic E-state index is 12.0. The molecule has 0 unspecified atom stereocenters. The molecular weight excluding hydrogens is 370 g/mol. The Kier molecular flexibility index (Phi) is 4.61. The molecule has 0 N–H and O–H groups in total. The number of thiophene rings is 1. The third-order valence-electron chi connectivity index (χ3n) is 3.16. The van der Waals surface area contributed by atoms with E-state index < -0.39 is 10.8 Å². The van der Waals surface area contributed by atoms with Crippen LogP contribution < -0.4 is 4.80 Å². The summed E-state index contributed by atoms with van der Waals surface area (Å²) in [5.74, 6) is -0.431. The Labute approximate surface area is 149 Å². The summed E-state index contributed by atoms with van der Waals surface area (Å²) in [7, 11) is 1.82. The lowest BCUT2D eigenvalue weighted by atomic mass is 10.3. The minimum Gasteiger partial charge on any atom is -0.319 e. The quantitative estimate of drug-likeness (QED) is 0.392. The maximum Gasteiger partial charge on any atom is 0.324 e. The van der Waals surface area contributed by atoms with Crippen molar-refractivity contribution >= 4 is 61.5 Å². The molecule has 122 valence electrons. The molecule has 3 aromatic rings. The average Bonchev–Trinajstić information content (AvgIpc) is 3.11. The standard InChI is InChI=1S/C15H10ClN3O3S2/c1-18-11-5-2-9(16)8-12(11)24-15(18)17-13(20)6-3-10-4-7-14(23-10)19(21)22/h2-8H,1H3/b6-3+,17-15?. The number of thiazole rings is 1. The second kappa shape index (κ2) is 6.68. The van der Waals surface area contributed by atoms with Crippen molar-refractivity contribution < 1.29 is 9.72 Å². The Hall–Kier alpha value is -2.29. The summed E-state index contributed by atoms with van der Waals surface area (Å²) in [6.45, 7) is 0. The summed E-state index contributed by atoms with van der Waals surface area (Å²) >= 11 is 8.34. The molecule has 0 bridgehead atoms. The highest BCUT2D eigenvalue weighted by Crippen LogP contribution is 2.25. The van der Waals surface area contributed by atoms with E-state index in [1.165, 1.54) is 29.6 Å². The van der Waals surface area contributed by atoms with Gasteiger partial charge in [-0.25, -0.2) is 0 Å². The van der Waals surface area contributed by atoms with Gasteiger partial charge in [0.2, 0.25) is 0 Å². The van der Waals surface area contributed by atoms with Crippen LogP contribution in [0.1, 0.15) is 4.88 Å². The number of aromatic nitrogens is 1. The van der Waals surface area contributed by atoms with Crippen LogP contribution in [0.5, 0.6) is 0 Å². The van der Waals surface area contributed by atoms with Crippen LogP contribution in [0, 0.1) is 10.1 Å². The van der Waals surface area contributed by atoms with Gasteiger partial charge >= 0.3 is 5.00 Å². The molecule has 3 rings (SSSR count). The molecule has 24 heavy (non-hydrogen) atoms. The Morgan fingerprint density at radius 3 is 2.83 bits per heavy atom. The smallest absolute Gasteiger partial charge is 0.319 e. The first-order valence-electron chi connectivity index (χ1n) is 6.70. The number of carbonyl (C=O) groups is 1. The monoisotopic (exact) mass is 379 g/mol. The fourth-order valence-electron chi connectivity index (χ4n) is 2.03. The highest BCUT2D eigenvalue weighted by Gasteiger charge is 2.08. The molecule has 0 atom stereocenters. The van der Waals surface area contributed by atoms with Crippen molar-refractivity contribution in [3.8, 4) is 0 Å². The van der Waals surface area contributed by atoms with E-state index in [0.29, 0.717) is 14.7 Å². The minimum absolute atomic E-state index is 0.0341. The molecule has 0 spiro atoms. The summed E-state index contributed by atoms with van der Waals surface area (Å²) < 4.78 is 2.76. The van der Waals surface area contributed by atoms with Crippen LogP contribution >= 0.6 is 34.3 Å². The second-order valence-electron chi connectivity index (χ2n) is 4.77. The lowest BCUT2D eigenvalue weighted by Gasteiger charge is -1.94. The van der Waals surface area contributed by atoms with Gasteiger partial charge in [0.05, 0.1) is 15.1 Å². The SMILES string of the molecule is Cn1c(=NC(=O)/C=C/c2ccc([N+](=O)[O-])s2)sc2cc(Cl)ccc21. The van der Waals surface area contributed by atoms with Crippen molar-refractivity contribution in [2.24, 2.45) is 12.0 Å². The number of rotatable bonds is 3. The number of carbonyl (C=O) groups excluding carboxylic acids is 1. The normalized spacial score (nSPS) is 12.3. The van der Waals surface area contributed by atoms with Gasteiger partial charge in [0.1, 0.15) is 0 Å². The minimum atomic E-state index is -0.462. The molecule has 0 aliphatic heterocycles. The Morgan fingerprint density at radius 1 is 1.33 bits per heavy atom. The van der Waals surface area contributed by atoms with E-state index in [9.17, 15) is 14.9 Å². The maximum absolute atomic E-state index is 12.0. The second-order valence-corrected chi connectivity index (χ2v) is 7.31. The topological polar surface area (TPSA) is 77.5 Å². The number of nitro groups is 1. The van der Waals surface area contributed by atoms with Gasteiger partial charge in [-0.15, -0.1) is 0 Å². The fraction of sp³-hybridized carbons (Fsp3) is 0.0667. The Balaban J connectivity index is 1.87. The van der Waals surface area contributed by atoms with Crippen LogP contribution in [0.15, 0.2) is 41.4 Å². The zero-order chi connectivity index (χ0) is 17.3. The van der Waals surface area contributed by atoms with Gasteiger partial charge in [0, 0.05) is 29.1 Å². The van der Waals surface area contributed by atoms with Crippen molar-refractivity contribution in [1.82, 2.24) is 4.57 Å². The van der Waals surface area contributed by atoms with E-state index >= 15 is 0 Å². The molecule has 0 saturated heterocycles. The summed E-state index contributed by atoms with van der Waals surface area (Å²) in [5.41, 5.74) is 0.939. The first-order chi connectivity index (χ1) is 11.4. The van der Waals surface area contributed by atoms with Crippen molar-refractivity contribution in [3.05, 3.63) is 61.2 Å². The highest BCUT2D eigenvalue weighted by atomic mass is 35.5. The molecule has 0 aliphatic rings. The van der Waals surface area contributed by atoms with Crippen molar-refractivity contribution in [1.29, 1.82) is 0 Å². The van der Waals surface area contributed by atoms with Crippen molar-refractivity contribution in [2.45, 2.75) is 0 Å². The lowest BCUT2D eigenvalue weighted by molar-refractivity contribution is -0.380. The molecule has 9 heteroatoms. The summed E-state index contributed by atoms with van der Waals surface area (Å²) in [6.07, 6.45) is 2.82. The van der Waals surface area contributed by atoms with E-state index in [-0.39, 0.29) is 5.00 Å². The van der Waals surface area contributed by atoms with E-state index in [4.69, 9.17) is 11.6 Å². The Morgan fingerprint density at radius 2 is 2.12 bits per heavy atom. The summed E-state index contributed by atoms with van der Waals surface area (Å²) in [5, 5.41) is 11.3. The van der Waals surface area contributed by atoms with E-state index in [1.807, 2.05) is 23.7 Å². The van der Waals surface area contributed by atoms with Gasteiger partial charge in [-0.3, -0.25) is 14.9 Å². The molecule has 2 aromatic heterocycles. The van der Waals surface area contributed by atoms with Gasteiger partial charge in [-0.05, 0) is 30.3 Å². The van der Waals surface area contributed by atoms with Crippen molar-refractivity contribution in [2.75, 3.05) is 0 Å². The zero-order valence-corrected chi connectivity index (χ0v) is 14.7. The molecule has 0 radical (unpaired) electrons. The number of hydrogen-bond donors (Lipinski definition) is 0. The highest BCUT2D eigenvalue weighted by molar-refractivity contribution is 7.16. The van der Waals surface area contributed by atoms with Crippen LogP contribution in [0.4, 0.5) is 5.00 Å². The van der Waals surface area contributed by atoms with E-state index in [1.54, 1.807) is 12.1 Å². The van der Waals surface area contributed by atoms with Gasteiger partial charge in [0.25, 0.3) is 5.91 Å². The molecule has 0 fully saturated rings. The first kappa shape index (κ1) is 16.6. The summed E-state index contributed by atoms with van der Waals surface area (Å²) in [4.78, 5) is 27.4. The third kappa shape index (κ3) is 3.45. The average molecular weight is 380 g/mol. The van der Waals surface area contributed by atoms with Gasteiger partial charge in [0.15, 0.2) is 4.80 Å². The predicted octanol–water partition coefficient (Wildman–Crippen LogP) is 4.00. The zero-order valence-electron chi connectivity index (χ0n) is 12.3. The Bertz CT molecular complexity index is 1050. The number of aryl methyl sites for hydroxylation is 1. The summed E-state index contributed by atoms with van der Waals surface area (Å²) in [6, 6.07) is 8.48. The number of amides is 1. The number of fused-ring (bicyclic) bond motifs is 1. The number of nitrogens with zero attached hydrogens (tertiary/aromatic N) is 3. The number of halogens is 1. The fourth-order valence-corrected chi connectivity index (χ4v) is 4.05. The van der Waals surface area contributed by atoms with Crippen LogP contribution in [0.2, 0.25) is 5.02 Å². The largest absolute Gasteiger partial charge is 0.324 e. The van der Waals surface area contributed by atoms with Gasteiger partial charge < -0.3 is 4.57 Å². The van der Waals surface area contributed by atoms with E-state index in [0.717, 1.165) is 21.6 Å².